The van der Waals surface area contributed by atoms with Crippen LogP contribution >= 0.6 is 0 Å². The highest BCUT2D eigenvalue weighted by Crippen LogP contribution is 2.28. The Balaban J connectivity index is 2.98. The van der Waals surface area contributed by atoms with E-state index in [0.29, 0.717) is 5.56 Å². The summed E-state index contributed by atoms with van der Waals surface area (Å²) >= 11 is 0. The van der Waals surface area contributed by atoms with E-state index < -0.39 is 6.10 Å². The molecule has 0 spiro atoms. The average molecular weight is 267 g/mol. The highest BCUT2D eigenvalue weighted by Gasteiger charge is 2.14. The number of aliphatic hydroxyl groups excluding tert-OH is 1. The number of aliphatic hydroxyl groups is 1. The van der Waals surface area contributed by atoms with Crippen molar-refractivity contribution in [2.24, 2.45) is 0 Å². The SMILES string of the molecule is CCCCN(CCCC)c1ccc(F)cc1[C@@H](C)O. The molecular weight excluding hydrogens is 241 g/mol. The molecule has 0 radical (unpaired) electrons. The van der Waals surface area contributed by atoms with Crippen LogP contribution in [0, 0.1) is 5.82 Å². The standard InChI is InChI=1S/C16H26FNO/c1-4-6-10-18(11-7-5-2)16-9-8-14(17)12-15(16)13(3)19/h8-9,12-13,19H,4-7,10-11H2,1-3H3/t13-/m1/s1. The number of rotatable bonds is 8. The molecule has 0 aliphatic rings. The topological polar surface area (TPSA) is 23.5 Å². The highest BCUT2D eigenvalue weighted by atomic mass is 19.1. The first kappa shape index (κ1) is 16.0. The van der Waals surface area contributed by atoms with Gasteiger partial charge in [0.05, 0.1) is 6.10 Å². The van der Waals surface area contributed by atoms with Crippen molar-refractivity contribution >= 4 is 5.69 Å². The lowest BCUT2D eigenvalue weighted by molar-refractivity contribution is 0.199. The first-order valence-electron chi connectivity index (χ1n) is 7.32. The van der Waals surface area contributed by atoms with E-state index >= 15 is 0 Å². The number of anilines is 1. The molecular formula is C16H26FNO. The van der Waals surface area contributed by atoms with Crippen LogP contribution in [-0.2, 0) is 0 Å². The predicted molar refractivity (Wildman–Crippen MR) is 79.1 cm³/mol. The van der Waals surface area contributed by atoms with Gasteiger partial charge in [-0.3, -0.25) is 0 Å². The maximum absolute atomic E-state index is 13.3. The van der Waals surface area contributed by atoms with E-state index in [9.17, 15) is 9.50 Å². The molecule has 0 saturated heterocycles. The molecule has 0 aliphatic carbocycles. The second-order valence-electron chi connectivity index (χ2n) is 5.07. The summed E-state index contributed by atoms with van der Waals surface area (Å²) in [5.41, 5.74) is 1.66. The van der Waals surface area contributed by atoms with Gasteiger partial charge in [-0.05, 0) is 38.0 Å². The molecule has 0 amide bonds. The van der Waals surface area contributed by atoms with Gasteiger partial charge in [-0.15, -0.1) is 0 Å². The third-order valence-corrected chi connectivity index (χ3v) is 3.34. The van der Waals surface area contributed by atoms with Crippen molar-refractivity contribution in [3.05, 3.63) is 29.6 Å². The number of benzene rings is 1. The largest absolute Gasteiger partial charge is 0.389 e. The summed E-state index contributed by atoms with van der Waals surface area (Å²) in [4.78, 5) is 2.27. The Morgan fingerprint density at radius 3 is 2.21 bits per heavy atom. The average Bonchev–Trinajstić information content (AvgIpc) is 2.39. The summed E-state index contributed by atoms with van der Waals surface area (Å²) < 4.78 is 13.3. The summed E-state index contributed by atoms with van der Waals surface area (Å²) in [6.45, 7) is 7.94. The van der Waals surface area contributed by atoms with Crippen molar-refractivity contribution in [1.82, 2.24) is 0 Å². The van der Waals surface area contributed by atoms with Crippen molar-refractivity contribution in [3.63, 3.8) is 0 Å². The van der Waals surface area contributed by atoms with E-state index in [0.717, 1.165) is 44.5 Å². The lowest BCUT2D eigenvalue weighted by Gasteiger charge is -2.28. The van der Waals surface area contributed by atoms with Crippen molar-refractivity contribution in [1.29, 1.82) is 0 Å². The summed E-state index contributed by atoms with van der Waals surface area (Å²) in [7, 11) is 0. The van der Waals surface area contributed by atoms with Gasteiger partial charge in [-0.2, -0.15) is 0 Å². The van der Waals surface area contributed by atoms with E-state index in [4.69, 9.17) is 0 Å². The molecule has 1 atom stereocenters. The monoisotopic (exact) mass is 267 g/mol. The number of unbranched alkanes of at least 4 members (excludes halogenated alkanes) is 2. The number of halogens is 1. The molecule has 19 heavy (non-hydrogen) atoms. The molecule has 0 aliphatic heterocycles. The molecule has 108 valence electrons. The minimum Gasteiger partial charge on any atom is -0.389 e. The fourth-order valence-electron chi connectivity index (χ4n) is 2.20. The summed E-state index contributed by atoms with van der Waals surface area (Å²) in [6, 6.07) is 4.72. The number of nitrogens with zero attached hydrogens (tertiary/aromatic N) is 1. The van der Waals surface area contributed by atoms with E-state index in [2.05, 4.69) is 18.7 Å². The van der Waals surface area contributed by atoms with Gasteiger partial charge in [0, 0.05) is 24.3 Å². The van der Waals surface area contributed by atoms with Crippen LogP contribution in [-0.4, -0.2) is 18.2 Å². The summed E-state index contributed by atoms with van der Waals surface area (Å²) in [5.74, 6) is -0.286. The second-order valence-corrected chi connectivity index (χ2v) is 5.07. The Kier molecular flexibility index (Phi) is 6.85. The molecule has 1 rings (SSSR count). The maximum Gasteiger partial charge on any atom is 0.123 e. The molecule has 2 nitrogen and oxygen atoms in total. The van der Waals surface area contributed by atoms with E-state index in [1.807, 2.05) is 0 Å². The molecule has 3 heteroatoms. The molecule has 0 aromatic heterocycles. The maximum atomic E-state index is 13.3. The second kappa shape index (κ2) is 8.16. The van der Waals surface area contributed by atoms with Crippen molar-refractivity contribution < 1.29 is 9.50 Å². The van der Waals surface area contributed by atoms with Gasteiger partial charge >= 0.3 is 0 Å². The Bertz CT molecular complexity index is 371. The van der Waals surface area contributed by atoms with Gasteiger partial charge in [0.15, 0.2) is 0 Å². The molecule has 0 heterocycles. The van der Waals surface area contributed by atoms with Crippen LogP contribution in [0.15, 0.2) is 18.2 Å². The van der Waals surface area contributed by atoms with E-state index in [1.54, 1.807) is 13.0 Å². The fourth-order valence-corrected chi connectivity index (χ4v) is 2.20. The molecule has 0 fully saturated rings. The molecule has 1 aromatic carbocycles. The van der Waals surface area contributed by atoms with Crippen LogP contribution in [0.25, 0.3) is 0 Å². The Labute approximate surface area is 116 Å². The van der Waals surface area contributed by atoms with Crippen LogP contribution in [0.3, 0.4) is 0 Å². The molecule has 1 N–H and O–H groups in total. The van der Waals surface area contributed by atoms with Gasteiger partial charge in [-0.25, -0.2) is 4.39 Å². The van der Waals surface area contributed by atoms with Crippen molar-refractivity contribution in [2.45, 2.75) is 52.6 Å². The van der Waals surface area contributed by atoms with Crippen LogP contribution in [0.4, 0.5) is 10.1 Å². The third kappa shape index (κ3) is 4.83. The quantitative estimate of drug-likeness (QED) is 0.759. The molecule has 0 saturated carbocycles. The fraction of sp³-hybridized carbons (Fsp3) is 0.625. The van der Waals surface area contributed by atoms with Crippen LogP contribution in [0.2, 0.25) is 0 Å². The van der Waals surface area contributed by atoms with Gasteiger partial charge in [0.25, 0.3) is 0 Å². The first-order chi connectivity index (χ1) is 9.10. The van der Waals surface area contributed by atoms with Gasteiger partial charge in [0.2, 0.25) is 0 Å². The lowest BCUT2D eigenvalue weighted by Crippen LogP contribution is -2.27. The van der Waals surface area contributed by atoms with Crippen molar-refractivity contribution in [3.8, 4) is 0 Å². The molecule has 1 aromatic rings. The van der Waals surface area contributed by atoms with Gasteiger partial charge in [-0.1, -0.05) is 26.7 Å². The van der Waals surface area contributed by atoms with Crippen molar-refractivity contribution in [2.75, 3.05) is 18.0 Å². The summed E-state index contributed by atoms with van der Waals surface area (Å²) in [5, 5.41) is 9.84. The predicted octanol–water partition coefficient (Wildman–Crippen LogP) is 4.29. The molecule has 0 bridgehead atoms. The Morgan fingerprint density at radius 2 is 1.74 bits per heavy atom. The Hall–Kier alpha value is -1.09. The van der Waals surface area contributed by atoms with Crippen LogP contribution < -0.4 is 4.90 Å². The van der Waals surface area contributed by atoms with Crippen LogP contribution in [0.5, 0.6) is 0 Å². The normalized spacial score (nSPS) is 12.5. The molecule has 0 unspecified atom stereocenters. The minimum absolute atomic E-state index is 0.286. The number of hydrogen-bond acceptors (Lipinski definition) is 2. The lowest BCUT2D eigenvalue weighted by atomic mass is 10.1. The van der Waals surface area contributed by atoms with Crippen LogP contribution in [0.1, 0.15) is 58.1 Å². The summed E-state index contributed by atoms with van der Waals surface area (Å²) in [6.07, 6.45) is 3.85. The van der Waals surface area contributed by atoms with Gasteiger partial charge in [0.1, 0.15) is 5.82 Å². The zero-order chi connectivity index (χ0) is 14.3. The third-order valence-electron chi connectivity index (χ3n) is 3.34. The van der Waals surface area contributed by atoms with E-state index in [-0.39, 0.29) is 5.82 Å². The minimum atomic E-state index is -0.642. The smallest absolute Gasteiger partial charge is 0.123 e. The van der Waals surface area contributed by atoms with Gasteiger partial charge < -0.3 is 10.0 Å². The zero-order valence-electron chi connectivity index (χ0n) is 12.3. The zero-order valence-corrected chi connectivity index (χ0v) is 12.3. The van der Waals surface area contributed by atoms with E-state index in [1.165, 1.54) is 12.1 Å². The Morgan fingerprint density at radius 1 is 1.16 bits per heavy atom. The number of hydrogen-bond donors (Lipinski definition) is 1. The highest BCUT2D eigenvalue weighted by molar-refractivity contribution is 5.54. The first-order valence-corrected chi connectivity index (χ1v) is 7.32.